The highest BCUT2D eigenvalue weighted by Gasteiger charge is 2.15. The fourth-order valence-corrected chi connectivity index (χ4v) is 4.23. The zero-order valence-electron chi connectivity index (χ0n) is 18.4. The minimum atomic E-state index is 0.716. The summed E-state index contributed by atoms with van der Waals surface area (Å²) in [5.41, 5.74) is 6.36. The molecule has 0 heterocycles. The summed E-state index contributed by atoms with van der Waals surface area (Å²) in [6.07, 6.45) is 0. The van der Waals surface area contributed by atoms with Crippen LogP contribution in [0.2, 0.25) is 10.0 Å². The number of hydrogen-bond acceptors (Lipinski definition) is 2. The zero-order chi connectivity index (χ0) is 23.3. The molecule has 2 nitrogen and oxygen atoms in total. The molecule has 0 atom stereocenters. The van der Waals surface area contributed by atoms with Crippen molar-refractivity contribution < 1.29 is 0 Å². The summed E-state index contributed by atoms with van der Waals surface area (Å²) >= 11 is 12.3. The Kier molecular flexibility index (Phi) is 6.53. The molecular weight excluding hydrogens is 459 g/mol. The van der Waals surface area contributed by atoms with Crippen LogP contribution in [-0.4, -0.2) is 0 Å². The maximum Gasteiger partial charge on any atom is 0.0463 e. The van der Waals surface area contributed by atoms with E-state index in [0.29, 0.717) is 10.0 Å². The second-order valence-corrected chi connectivity index (χ2v) is 8.68. The summed E-state index contributed by atoms with van der Waals surface area (Å²) in [5, 5.41) is 1.43. The van der Waals surface area contributed by atoms with Gasteiger partial charge in [-0.3, -0.25) is 0 Å². The van der Waals surface area contributed by atoms with Crippen molar-refractivity contribution >= 4 is 57.3 Å². The van der Waals surface area contributed by atoms with Crippen molar-refractivity contribution in [3.05, 3.63) is 144 Å². The first-order valence-corrected chi connectivity index (χ1v) is 11.8. The van der Waals surface area contributed by atoms with Gasteiger partial charge in [-0.25, -0.2) is 0 Å². The van der Waals surface area contributed by atoms with Gasteiger partial charge >= 0.3 is 0 Å². The number of benzene rings is 5. The Labute approximate surface area is 210 Å². The molecule has 0 aliphatic carbocycles. The Morgan fingerprint density at radius 3 is 0.824 bits per heavy atom. The minimum absolute atomic E-state index is 0.716. The van der Waals surface area contributed by atoms with Crippen LogP contribution in [0.3, 0.4) is 0 Å². The number of hydrogen-bond donors (Lipinski definition) is 0. The van der Waals surface area contributed by atoms with Crippen LogP contribution >= 0.6 is 23.2 Å². The molecule has 0 saturated carbocycles. The lowest BCUT2D eigenvalue weighted by Crippen LogP contribution is -2.12. The molecule has 0 fully saturated rings. The van der Waals surface area contributed by atoms with Gasteiger partial charge in [0.1, 0.15) is 0 Å². The summed E-state index contributed by atoms with van der Waals surface area (Å²) in [6, 6.07) is 45.0. The molecule has 0 N–H and O–H groups in total. The molecule has 0 aromatic heterocycles. The largest absolute Gasteiger partial charge is 0.311 e. The molecule has 0 spiro atoms. The van der Waals surface area contributed by atoms with E-state index in [-0.39, 0.29) is 0 Å². The predicted octanol–water partition coefficient (Wildman–Crippen LogP) is 9.93. The number of nitrogens with zero attached hydrogens (tertiary/aromatic N) is 2. The third-order valence-electron chi connectivity index (χ3n) is 5.56. The monoisotopic (exact) mass is 480 g/mol. The second-order valence-electron chi connectivity index (χ2n) is 7.81. The molecule has 4 heteroatoms. The van der Waals surface area contributed by atoms with Gasteiger partial charge in [0.25, 0.3) is 0 Å². The van der Waals surface area contributed by atoms with Crippen LogP contribution in [0.4, 0.5) is 34.1 Å². The van der Waals surface area contributed by atoms with Crippen molar-refractivity contribution in [3.63, 3.8) is 0 Å². The van der Waals surface area contributed by atoms with Crippen LogP contribution in [0.25, 0.3) is 0 Å². The Bertz CT molecular complexity index is 1230. The third kappa shape index (κ3) is 4.79. The summed E-state index contributed by atoms with van der Waals surface area (Å²) in [6.45, 7) is 0. The molecule has 0 radical (unpaired) electrons. The molecule has 34 heavy (non-hydrogen) atoms. The van der Waals surface area contributed by atoms with E-state index in [0.717, 1.165) is 34.1 Å². The topological polar surface area (TPSA) is 6.48 Å². The molecule has 5 aromatic carbocycles. The molecule has 0 unspecified atom stereocenters. The lowest BCUT2D eigenvalue weighted by Gasteiger charge is -2.28. The van der Waals surface area contributed by atoms with Gasteiger partial charge in [0.2, 0.25) is 0 Å². The number of halogens is 2. The Morgan fingerprint density at radius 2 is 0.529 bits per heavy atom. The lowest BCUT2D eigenvalue weighted by atomic mass is 10.1. The van der Waals surface area contributed by atoms with Crippen LogP contribution in [0.1, 0.15) is 0 Å². The van der Waals surface area contributed by atoms with E-state index >= 15 is 0 Å². The van der Waals surface area contributed by atoms with E-state index < -0.39 is 0 Å². The van der Waals surface area contributed by atoms with Crippen molar-refractivity contribution in [2.45, 2.75) is 0 Å². The van der Waals surface area contributed by atoms with Crippen LogP contribution < -0.4 is 9.80 Å². The van der Waals surface area contributed by atoms with Crippen molar-refractivity contribution in [2.75, 3.05) is 9.80 Å². The Morgan fingerprint density at radius 1 is 0.294 bits per heavy atom. The average molecular weight is 481 g/mol. The quantitative estimate of drug-likeness (QED) is 0.238. The molecule has 166 valence electrons. The smallest absolute Gasteiger partial charge is 0.0463 e. The zero-order valence-corrected chi connectivity index (χ0v) is 19.9. The Balaban J connectivity index is 1.57. The fourth-order valence-electron chi connectivity index (χ4n) is 3.98. The molecule has 0 aliphatic heterocycles. The molecule has 5 rings (SSSR count). The fraction of sp³-hybridized carbons (Fsp3) is 0. The van der Waals surface area contributed by atoms with Crippen LogP contribution in [-0.2, 0) is 0 Å². The molecule has 0 amide bonds. The first-order chi connectivity index (χ1) is 16.7. The first kappa shape index (κ1) is 22.1. The Hall–Kier alpha value is -3.72. The molecule has 0 aliphatic rings. The van der Waals surface area contributed by atoms with E-state index in [1.165, 1.54) is 0 Å². The average Bonchev–Trinajstić information content (AvgIpc) is 2.89. The summed E-state index contributed by atoms with van der Waals surface area (Å²) in [4.78, 5) is 4.44. The standard InChI is InChI=1S/C30H22Cl2N2/c31-23-11-15-27(16-12-23)33(25-7-3-1-4-8-25)29-19-21-30(22-20-29)34(26-9-5-2-6-10-26)28-17-13-24(32)14-18-28/h1-22H. The van der Waals surface area contributed by atoms with E-state index in [1.807, 2.05) is 84.9 Å². The van der Waals surface area contributed by atoms with Crippen molar-refractivity contribution in [1.29, 1.82) is 0 Å². The summed E-state index contributed by atoms with van der Waals surface area (Å²) < 4.78 is 0. The predicted molar refractivity (Wildman–Crippen MR) is 146 cm³/mol. The first-order valence-electron chi connectivity index (χ1n) is 11.0. The van der Waals surface area contributed by atoms with Gasteiger partial charge < -0.3 is 9.80 Å². The highest BCUT2D eigenvalue weighted by atomic mass is 35.5. The molecule has 0 bridgehead atoms. The summed E-state index contributed by atoms with van der Waals surface area (Å²) in [5.74, 6) is 0. The van der Waals surface area contributed by atoms with Gasteiger partial charge in [0.05, 0.1) is 0 Å². The third-order valence-corrected chi connectivity index (χ3v) is 6.07. The second kappa shape index (κ2) is 10.0. The van der Waals surface area contributed by atoms with Gasteiger partial charge in [0, 0.05) is 44.2 Å². The van der Waals surface area contributed by atoms with E-state index in [4.69, 9.17) is 23.2 Å². The van der Waals surface area contributed by atoms with Gasteiger partial charge in [0.15, 0.2) is 0 Å². The van der Waals surface area contributed by atoms with Gasteiger partial charge in [-0.15, -0.1) is 0 Å². The molecular formula is C30H22Cl2N2. The van der Waals surface area contributed by atoms with Gasteiger partial charge in [-0.05, 0) is 97.1 Å². The highest BCUT2D eigenvalue weighted by Crippen LogP contribution is 2.39. The minimum Gasteiger partial charge on any atom is -0.311 e. The van der Waals surface area contributed by atoms with E-state index in [2.05, 4.69) is 58.3 Å². The van der Waals surface area contributed by atoms with Crippen LogP contribution in [0.15, 0.2) is 133 Å². The van der Waals surface area contributed by atoms with E-state index in [1.54, 1.807) is 0 Å². The van der Waals surface area contributed by atoms with Gasteiger partial charge in [-0.1, -0.05) is 59.6 Å². The van der Waals surface area contributed by atoms with Crippen molar-refractivity contribution in [2.24, 2.45) is 0 Å². The van der Waals surface area contributed by atoms with Crippen LogP contribution in [0.5, 0.6) is 0 Å². The normalized spacial score (nSPS) is 10.6. The van der Waals surface area contributed by atoms with Crippen molar-refractivity contribution in [1.82, 2.24) is 0 Å². The van der Waals surface area contributed by atoms with Crippen LogP contribution in [0, 0.1) is 0 Å². The molecule has 5 aromatic rings. The maximum atomic E-state index is 6.16. The number of para-hydroxylation sites is 2. The van der Waals surface area contributed by atoms with E-state index in [9.17, 15) is 0 Å². The lowest BCUT2D eigenvalue weighted by molar-refractivity contribution is 1.26. The number of rotatable bonds is 6. The highest BCUT2D eigenvalue weighted by molar-refractivity contribution is 6.31. The maximum absolute atomic E-state index is 6.16. The van der Waals surface area contributed by atoms with Crippen molar-refractivity contribution in [3.8, 4) is 0 Å². The molecule has 0 saturated heterocycles. The summed E-state index contributed by atoms with van der Waals surface area (Å²) in [7, 11) is 0. The SMILES string of the molecule is Clc1ccc(N(c2ccccc2)c2ccc(N(c3ccccc3)c3ccc(Cl)cc3)cc2)cc1. The van der Waals surface area contributed by atoms with Gasteiger partial charge in [-0.2, -0.15) is 0 Å². The number of anilines is 6.